The predicted molar refractivity (Wildman–Crippen MR) is 88.3 cm³/mol. The third-order valence-electron chi connectivity index (χ3n) is 3.63. The van der Waals surface area contributed by atoms with Crippen LogP contribution in [0.3, 0.4) is 0 Å². The smallest absolute Gasteiger partial charge is 0.251 e. The zero-order chi connectivity index (χ0) is 16.0. The fourth-order valence-electron chi connectivity index (χ4n) is 2.48. The number of nitrogens with two attached hydrogens (primary N) is 1. The number of anilines is 1. The monoisotopic (exact) mass is 292 g/mol. The van der Waals surface area contributed by atoms with Crippen molar-refractivity contribution in [2.75, 3.05) is 18.5 Å². The van der Waals surface area contributed by atoms with E-state index in [-0.39, 0.29) is 5.91 Å². The minimum absolute atomic E-state index is 0.0471. The lowest BCUT2D eigenvalue weighted by molar-refractivity contribution is 0.0939. The lowest BCUT2D eigenvalue weighted by Crippen LogP contribution is -2.42. The molecule has 0 aliphatic carbocycles. The Bertz CT molecular complexity index is 463. The van der Waals surface area contributed by atoms with Crippen LogP contribution in [0.25, 0.3) is 0 Å². The van der Waals surface area contributed by atoms with Gasteiger partial charge < -0.3 is 10.7 Å². The molecule has 118 valence electrons. The Kier molecular flexibility index (Phi) is 6.65. The average Bonchev–Trinajstić information content (AvgIpc) is 2.42. The molecule has 1 rings (SSSR count). The molecule has 0 unspecified atom stereocenters. The highest BCUT2D eigenvalue weighted by Gasteiger charge is 2.13. The molecule has 5 heteroatoms. The number of hydrogen-bond donors (Lipinski definition) is 3. The zero-order valence-electron chi connectivity index (χ0n) is 13.7. The Labute approximate surface area is 127 Å². The van der Waals surface area contributed by atoms with Crippen molar-refractivity contribution in [3.63, 3.8) is 0 Å². The molecule has 4 N–H and O–H groups in total. The number of benzene rings is 1. The number of nitrogens with zero attached hydrogens (tertiary/aromatic N) is 1. The van der Waals surface area contributed by atoms with Crippen LogP contribution in [0.15, 0.2) is 18.2 Å². The summed E-state index contributed by atoms with van der Waals surface area (Å²) < 4.78 is 0. The predicted octanol–water partition coefficient (Wildman–Crippen LogP) is 2.13. The van der Waals surface area contributed by atoms with Gasteiger partial charge in [0, 0.05) is 30.7 Å². The Morgan fingerprint density at radius 3 is 2.33 bits per heavy atom. The molecule has 0 aliphatic rings. The van der Waals surface area contributed by atoms with Crippen LogP contribution < -0.4 is 16.6 Å². The van der Waals surface area contributed by atoms with Crippen LogP contribution in [0, 0.1) is 6.92 Å². The fourth-order valence-corrected chi connectivity index (χ4v) is 2.48. The van der Waals surface area contributed by atoms with Gasteiger partial charge in [-0.15, -0.1) is 0 Å². The number of carbonyl (C=O) groups excluding carboxylic acids is 1. The summed E-state index contributed by atoms with van der Waals surface area (Å²) in [6, 6.07) is 6.38. The third kappa shape index (κ3) is 5.02. The zero-order valence-corrected chi connectivity index (χ0v) is 13.7. The van der Waals surface area contributed by atoms with Crippen LogP contribution in [0.4, 0.5) is 5.69 Å². The van der Waals surface area contributed by atoms with Crippen LogP contribution in [-0.2, 0) is 0 Å². The molecule has 0 aliphatic heterocycles. The van der Waals surface area contributed by atoms with Crippen molar-refractivity contribution in [2.45, 2.75) is 46.7 Å². The van der Waals surface area contributed by atoms with Crippen LogP contribution in [0.2, 0.25) is 0 Å². The van der Waals surface area contributed by atoms with Gasteiger partial charge in [0.25, 0.3) is 5.91 Å². The molecular weight excluding hydrogens is 264 g/mol. The van der Waals surface area contributed by atoms with E-state index in [2.05, 4.69) is 43.3 Å². The van der Waals surface area contributed by atoms with Gasteiger partial charge in [0.05, 0.1) is 5.69 Å². The first-order valence-electron chi connectivity index (χ1n) is 7.48. The van der Waals surface area contributed by atoms with Gasteiger partial charge in [-0.3, -0.25) is 15.5 Å². The van der Waals surface area contributed by atoms with E-state index in [1.807, 2.05) is 19.1 Å². The fraction of sp³-hybridized carbons (Fsp3) is 0.562. The van der Waals surface area contributed by atoms with E-state index in [9.17, 15) is 4.79 Å². The first-order chi connectivity index (χ1) is 9.86. The molecule has 5 nitrogen and oxygen atoms in total. The molecule has 1 aromatic carbocycles. The van der Waals surface area contributed by atoms with E-state index >= 15 is 0 Å². The summed E-state index contributed by atoms with van der Waals surface area (Å²) >= 11 is 0. The lowest BCUT2D eigenvalue weighted by atomic mass is 10.1. The quantitative estimate of drug-likeness (QED) is 0.532. The van der Waals surface area contributed by atoms with E-state index in [1.165, 1.54) is 0 Å². The average molecular weight is 292 g/mol. The highest BCUT2D eigenvalue weighted by Crippen LogP contribution is 2.15. The van der Waals surface area contributed by atoms with E-state index in [0.29, 0.717) is 24.2 Å². The van der Waals surface area contributed by atoms with Gasteiger partial charge >= 0.3 is 0 Å². The van der Waals surface area contributed by atoms with Gasteiger partial charge in [-0.2, -0.15) is 0 Å². The topological polar surface area (TPSA) is 70.4 Å². The number of aryl methyl sites for hydroxylation is 1. The molecule has 0 spiro atoms. The Morgan fingerprint density at radius 1 is 1.24 bits per heavy atom. The molecular formula is C16H28N4O. The minimum atomic E-state index is -0.0471. The van der Waals surface area contributed by atoms with Crippen molar-refractivity contribution < 1.29 is 4.79 Å². The molecule has 21 heavy (non-hydrogen) atoms. The minimum Gasteiger partial charge on any atom is -0.351 e. The SMILES string of the molecule is Cc1cc(C(=O)NCCN(C(C)C)C(C)C)ccc1NN. The van der Waals surface area contributed by atoms with Crippen molar-refractivity contribution in [3.8, 4) is 0 Å². The Morgan fingerprint density at radius 2 is 1.86 bits per heavy atom. The molecule has 0 atom stereocenters. The van der Waals surface area contributed by atoms with Crippen molar-refractivity contribution in [1.82, 2.24) is 10.2 Å². The summed E-state index contributed by atoms with van der Waals surface area (Å²) in [6.45, 7) is 12.1. The number of nitrogens with one attached hydrogen (secondary N) is 2. The largest absolute Gasteiger partial charge is 0.351 e. The highest BCUT2D eigenvalue weighted by molar-refractivity contribution is 5.94. The van der Waals surface area contributed by atoms with Gasteiger partial charge in [-0.1, -0.05) is 0 Å². The van der Waals surface area contributed by atoms with Crippen molar-refractivity contribution in [1.29, 1.82) is 0 Å². The van der Waals surface area contributed by atoms with E-state index in [1.54, 1.807) is 6.07 Å². The van der Waals surface area contributed by atoms with Crippen LogP contribution in [0.5, 0.6) is 0 Å². The first kappa shape index (κ1) is 17.5. The second kappa shape index (κ2) is 8.00. The summed E-state index contributed by atoms with van der Waals surface area (Å²) in [5, 5.41) is 2.97. The van der Waals surface area contributed by atoms with Crippen LogP contribution in [-0.4, -0.2) is 36.0 Å². The van der Waals surface area contributed by atoms with E-state index in [4.69, 9.17) is 5.84 Å². The summed E-state index contributed by atoms with van der Waals surface area (Å²) in [5.41, 5.74) is 5.05. The number of nitrogen functional groups attached to an aromatic ring is 1. The molecule has 1 aromatic rings. The molecule has 0 bridgehead atoms. The number of hydrazine groups is 1. The molecule has 1 amide bonds. The number of rotatable bonds is 7. The second-order valence-corrected chi connectivity index (χ2v) is 5.86. The molecule has 0 radical (unpaired) electrons. The number of amides is 1. The standard InChI is InChI=1S/C16H28N4O/c1-11(2)20(12(3)4)9-8-18-16(21)14-6-7-15(19-17)13(5)10-14/h6-7,10-12,19H,8-9,17H2,1-5H3,(H,18,21). The van der Waals surface area contributed by atoms with Gasteiger partial charge in [0.2, 0.25) is 0 Å². The highest BCUT2D eigenvalue weighted by atomic mass is 16.1. The van der Waals surface area contributed by atoms with E-state index in [0.717, 1.165) is 17.8 Å². The summed E-state index contributed by atoms with van der Waals surface area (Å²) in [4.78, 5) is 14.5. The molecule has 0 fully saturated rings. The van der Waals surface area contributed by atoms with Crippen LogP contribution in [0.1, 0.15) is 43.6 Å². The molecule has 0 saturated heterocycles. The summed E-state index contributed by atoms with van der Waals surface area (Å²) in [7, 11) is 0. The summed E-state index contributed by atoms with van der Waals surface area (Å²) in [5.74, 6) is 5.34. The maximum atomic E-state index is 12.1. The summed E-state index contributed by atoms with van der Waals surface area (Å²) in [6.07, 6.45) is 0. The maximum absolute atomic E-state index is 12.1. The molecule has 0 heterocycles. The lowest BCUT2D eigenvalue weighted by Gasteiger charge is -2.30. The molecule has 0 aromatic heterocycles. The first-order valence-corrected chi connectivity index (χ1v) is 7.48. The number of carbonyl (C=O) groups is 1. The maximum Gasteiger partial charge on any atom is 0.251 e. The van der Waals surface area contributed by atoms with Crippen molar-refractivity contribution >= 4 is 11.6 Å². The van der Waals surface area contributed by atoms with Crippen molar-refractivity contribution in [3.05, 3.63) is 29.3 Å². The Balaban J connectivity index is 2.56. The normalized spacial score (nSPS) is 11.3. The Hall–Kier alpha value is -1.59. The third-order valence-corrected chi connectivity index (χ3v) is 3.63. The van der Waals surface area contributed by atoms with E-state index < -0.39 is 0 Å². The van der Waals surface area contributed by atoms with Crippen molar-refractivity contribution in [2.24, 2.45) is 5.84 Å². The van der Waals surface area contributed by atoms with Gasteiger partial charge in [-0.05, 0) is 58.4 Å². The number of hydrogen-bond acceptors (Lipinski definition) is 4. The molecule has 0 saturated carbocycles. The van der Waals surface area contributed by atoms with Crippen LogP contribution >= 0.6 is 0 Å². The van der Waals surface area contributed by atoms with Gasteiger partial charge in [0.15, 0.2) is 0 Å². The second-order valence-electron chi connectivity index (χ2n) is 5.86. The van der Waals surface area contributed by atoms with Gasteiger partial charge in [0.1, 0.15) is 0 Å². The van der Waals surface area contributed by atoms with Gasteiger partial charge in [-0.25, -0.2) is 0 Å².